The Morgan fingerprint density at radius 1 is 0.397 bits per heavy atom. The molecule has 63 heavy (non-hydrogen) atoms. The average molecular weight is 832 g/mol. The lowest BCUT2D eigenvalue weighted by Gasteiger charge is -2.29. The van der Waals surface area contributed by atoms with Crippen molar-refractivity contribution in [2.24, 2.45) is 0 Å². The van der Waals surface area contributed by atoms with Crippen LogP contribution in [0.3, 0.4) is 0 Å². The summed E-state index contributed by atoms with van der Waals surface area (Å²) in [5.41, 5.74) is 15.0. The van der Waals surface area contributed by atoms with Crippen molar-refractivity contribution in [1.82, 2.24) is 0 Å². The van der Waals surface area contributed by atoms with Crippen LogP contribution in [0.5, 0.6) is 0 Å². The molecule has 0 unspecified atom stereocenters. The number of anilines is 3. The van der Waals surface area contributed by atoms with E-state index in [4.69, 9.17) is 4.42 Å². The van der Waals surface area contributed by atoms with E-state index < -0.39 is 0 Å². The fourth-order valence-corrected chi connectivity index (χ4v) is 10.5. The first kappa shape index (κ1) is 38.9. The Bertz CT molecular complexity index is 3500. The Kier molecular flexibility index (Phi) is 9.19. The zero-order valence-electron chi connectivity index (χ0n) is 36.7. The Morgan fingerprint density at radius 3 is 1.75 bits per heavy atom. The summed E-state index contributed by atoms with van der Waals surface area (Å²) < 4.78 is 8.88. The molecule has 0 radical (unpaired) electrons. The molecule has 0 aliphatic carbocycles. The Morgan fingerprint density at radius 2 is 0.984 bits per heavy atom. The van der Waals surface area contributed by atoms with Gasteiger partial charge in [0.2, 0.25) is 0 Å². The number of hydrogen-bond acceptors (Lipinski definition) is 3. The van der Waals surface area contributed by atoms with Gasteiger partial charge in [-0.2, -0.15) is 0 Å². The fourth-order valence-electron chi connectivity index (χ4n) is 9.41. The highest BCUT2D eigenvalue weighted by atomic mass is 32.1. The summed E-state index contributed by atoms with van der Waals surface area (Å²) in [5.74, 6) is 0. The van der Waals surface area contributed by atoms with Crippen LogP contribution in [-0.2, 0) is 10.8 Å². The second-order valence-corrected chi connectivity index (χ2v) is 20.0. The molecule has 11 rings (SSSR count). The predicted molar refractivity (Wildman–Crippen MR) is 273 cm³/mol. The van der Waals surface area contributed by atoms with E-state index in [0.29, 0.717) is 0 Å². The maximum absolute atomic E-state index is 6.32. The molecule has 0 aliphatic rings. The van der Waals surface area contributed by atoms with Crippen molar-refractivity contribution in [3.63, 3.8) is 0 Å². The van der Waals surface area contributed by atoms with Crippen LogP contribution in [-0.4, -0.2) is 0 Å². The zero-order valence-corrected chi connectivity index (χ0v) is 37.5. The molecule has 2 heterocycles. The highest BCUT2D eigenvalue weighted by molar-refractivity contribution is 7.26. The molecule has 0 saturated heterocycles. The number of benzene rings is 9. The molecule has 2 nitrogen and oxygen atoms in total. The fraction of sp³-hybridized carbons (Fsp3) is 0.133. The van der Waals surface area contributed by atoms with Gasteiger partial charge in [-0.15, -0.1) is 11.3 Å². The van der Waals surface area contributed by atoms with Gasteiger partial charge < -0.3 is 9.32 Å². The van der Waals surface area contributed by atoms with Crippen LogP contribution in [0.15, 0.2) is 192 Å². The Labute approximate surface area is 373 Å². The van der Waals surface area contributed by atoms with Crippen molar-refractivity contribution < 1.29 is 4.42 Å². The van der Waals surface area contributed by atoms with Gasteiger partial charge in [0.1, 0.15) is 11.2 Å². The second kappa shape index (κ2) is 14.9. The third-order valence-corrected chi connectivity index (χ3v) is 13.9. The summed E-state index contributed by atoms with van der Waals surface area (Å²) in [4.78, 5) is 2.49. The van der Waals surface area contributed by atoms with Crippen LogP contribution in [0.4, 0.5) is 17.1 Å². The third-order valence-electron chi connectivity index (χ3n) is 12.8. The SMILES string of the molecule is CC(C)(C)c1cc(-c2cccc3cccc(-c4ccccc4N(c4ccc(-c5ccc6c(c5)oc5ccccc56)cc4)c4cccc5sc6ccccc6c45)c23)cc(C(C)(C)C)c1. The van der Waals surface area contributed by atoms with Crippen molar-refractivity contribution in [2.45, 2.75) is 52.4 Å². The number of thiophene rings is 1. The molecule has 0 spiro atoms. The quantitative estimate of drug-likeness (QED) is 0.166. The number of furan rings is 1. The topological polar surface area (TPSA) is 16.4 Å². The Hall–Kier alpha value is -6.94. The summed E-state index contributed by atoms with van der Waals surface area (Å²) in [6.07, 6.45) is 0. The van der Waals surface area contributed by atoms with Gasteiger partial charge in [-0.3, -0.25) is 0 Å². The molecule has 0 aliphatic heterocycles. The first-order valence-corrected chi connectivity index (χ1v) is 22.8. The minimum atomic E-state index is -0.000897. The van der Waals surface area contributed by atoms with Gasteiger partial charge in [-0.25, -0.2) is 0 Å². The van der Waals surface area contributed by atoms with E-state index in [2.05, 4.69) is 222 Å². The summed E-state index contributed by atoms with van der Waals surface area (Å²) >= 11 is 1.86. The Balaban J connectivity index is 1.13. The van der Waals surface area contributed by atoms with Gasteiger partial charge in [0.25, 0.3) is 0 Å². The van der Waals surface area contributed by atoms with Crippen LogP contribution >= 0.6 is 11.3 Å². The van der Waals surface area contributed by atoms with Crippen LogP contribution < -0.4 is 4.90 Å². The molecule has 2 aromatic heterocycles. The molecule has 0 saturated carbocycles. The van der Waals surface area contributed by atoms with E-state index in [-0.39, 0.29) is 10.8 Å². The summed E-state index contributed by atoms with van der Waals surface area (Å²) in [7, 11) is 0. The van der Waals surface area contributed by atoms with Crippen molar-refractivity contribution in [3.8, 4) is 33.4 Å². The van der Waals surface area contributed by atoms with E-state index in [1.807, 2.05) is 23.5 Å². The maximum atomic E-state index is 6.32. The number of para-hydroxylation sites is 2. The number of nitrogens with zero attached hydrogens (tertiary/aromatic N) is 1. The van der Waals surface area contributed by atoms with Crippen LogP contribution in [0.1, 0.15) is 52.7 Å². The highest BCUT2D eigenvalue weighted by Gasteiger charge is 2.25. The zero-order chi connectivity index (χ0) is 43.0. The molecule has 0 amide bonds. The normalized spacial score (nSPS) is 12.3. The van der Waals surface area contributed by atoms with E-state index in [9.17, 15) is 0 Å². The molecular formula is C60H49NOS. The lowest BCUT2D eigenvalue weighted by molar-refractivity contribution is 0.569. The summed E-state index contributed by atoms with van der Waals surface area (Å²) in [5, 5.41) is 7.30. The monoisotopic (exact) mass is 831 g/mol. The van der Waals surface area contributed by atoms with Crippen LogP contribution in [0.2, 0.25) is 0 Å². The molecule has 3 heteroatoms. The van der Waals surface area contributed by atoms with Gasteiger partial charge >= 0.3 is 0 Å². The minimum absolute atomic E-state index is 0.000897. The van der Waals surface area contributed by atoms with E-state index in [1.165, 1.54) is 64.3 Å². The molecule has 0 bridgehead atoms. The first-order valence-electron chi connectivity index (χ1n) is 22.0. The number of rotatable bonds is 6. The molecule has 11 aromatic rings. The highest BCUT2D eigenvalue weighted by Crippen LogP contribution is 2.49. The molecular weight excluding hydrogens is 783 g/mol. The molecule has 9 aromatic carbocycles. The van der Waals surface area contributed by atoms with Crippen molar-refractivity contribution in [2.75, 3.05) is 4.90 Å². The van der Waals surface area contributed by atoms with Gasteiger partial charge in [-0.05, 0) is 115 Å². The molecule has 306 valence electrons. The average Bonchev–Trinajstić information content (AvgIpc) is 3.87. The van der Waals surface area contributed by atoms with Gasteiger partial charge in [0.15, 0.2) is 0 Å². The largest absolute Gasteiger partial charge is 0.456 e. The first-order chi connectivity index (χ1) is 30.5. The smallest absolute Gasteiger partial charge is 0.136 e. The lowest BCUT2D eigenvalue weighted by Crippen LogP contribution is -2.16. The summed E-state index contributed by atoms with van der Waals surface area (Å²) in [6.45, 7) is 13.9. The van der Waals surface area contributed by atoms with Crippen molar-refractivity contribution in [3.05, 3.63) is 199 Å². The van der Waals surface area contributed by atoms with E-state index >= 15 is 0 Å². The molecule has 0 N–H and O–H groups in total. The maximum Gasteiger partial charge on any atom is 0.136 e. The number of hydrogen-bond donors (Lipinski definition) is 0. The molecule has 0 atom stereocenters. The van der Waals surface area contributed by atoms with Gasteiger partial charge in [0.05, 0.1) is 11.4 Å². The van der Waals surface area contributed by atoms with E-state index in [1.54, 1.807) is 0 Å². The van der Waals surface area contributed by atoms with Gasteiger partial charge in [0, 0.05) is 42.2 Å². The summed E-state index contributed by atoms with van der Waals surface area (Å²) in [6, 6.07) is 69.4. The van der Waals surface area contributed by atoms with Crippen molar-refractivity contribution >= 4 is 81.3 Å². The molecule has 0 fully saturated rings. The predicted octanol–water partition coefficient (Wildman–Crippen LogP) is 18.2. The van der Waals surface area contributed by atoms with Crippen LogP contribution in [0, 0.1) is 0 Å². The van der Waals surface area contributed by atoms with Crippen LogP contribution in [0.25, 0.3) is 86.3 Å². The standard InChI is InChI=1S/C60H49NOS/c1-59(2,3)42-34-41(35-43(37-42)60(4,5)6)45-21-13-16-39-17-14-22-49(57(39)45)46-18-7-10-23-51(46)61(52-24-15-27-56-58(52)50-20-9-12-26-55(50)63-56)44-31-28-38(29-32-44)40-30-33-48-47-19-8-11-25-53(47)62-54(48)36-40/h7-37H,1-6H3. The van der Waals surface area contributed by atoms with Gasteiger partial charge in [-0.1, -0.05) is 175 Å². The minimum Gasteiger partial charge on any atom is -0.456 e. The third kappa shape index (κ3) is 6.79. The lowest BCUT2D eigenvalue weighted by atomic mass is 9.78. The van der Waals surface area contributed by atoms with Crippen molar-refractivity contribution in [1.29, 1.82) is 0 Å². The number of fused-ring (bicyclic) bond motifs is 7. The second-order valence-electron chi connectivity index (χ2n) is 19.0. The van der Waals surface area contributed by atoms with E-state index in [0.717, 1.165) is 50.1 Å².